The highest BCUT2D eigenvalue weighted by Crippen LogP contribution is 2.27. The lowest BCUT2D eigenvalue weighted by Crippen LogP contribution is -2.22. The normalized spacial score (nSPS) is 11.1. The molecular weight excluding hydrogens is 354 g/mol. The van der Waals surface area contributed by atoms with Crippen molar-refractivity contribution in [2.24, 2.45) is 0 Å². The first-order valence-corrected chi connectivity index (χ1v) is 9.06. The van der Waals surface area contributed by atoms with Crippen LogP contribution in [0.5, 0.6) is 5.75 Å². The molecule has 142 valence electrons. The highest BCUT2D eigenvalue weighted by atomic mass is 16.5. The second-order valence-electron chi connectivity index (χ2n) is 6.42. The van der Waals surface area contributed by atoms with Gasteiger partial charge >= 0.3 is 0 Å². The molecule has 4 rings (SSSR count). The summed E-state index contributed by atoms with van der Waals surface area (Å²) < 4.78 is 16.4. The van der Waals surface area contributed by atoms with Crippen LogP contribution in [0.25, 0.3) is 11.4 Å². The Kier molecular flexibility index (Phi) is 5.49. The van der Waals surface area contributed by atoms with E-state index in [0.717, 1.165) is 17.9 Å². The Bertz CT molecular complexity index is 997. The molecule has 0 N–H and O–H groups in total. The molecule has 4 aromatic rings. The summed E-state index contributed by atoms with van der Waals surface area (Å²) in [4.78, 5) is 6.77. The van der Waals surface area contributed by atoms with Crippen molar-refractivity contribution in [3.05, 3.63) is 90.2 Å². The van der Waals surface area contributed by atoms with Gasteiger partial charge in [-0.1, -0.05) is 47.6 Å². The Balaban J connectivity index is 1.54. The van der Waals surface area contributed by atoms with Gasteiger partial charge in [0.1, 0.15) is 11.5 Å². The van der Waals surface area contributed by atoms with E-state index in [1.165, 1.54) is 5.56 Å². The van der Waals surface area contributed by atoms with Gasteiger partial charge in [-0.2, -0.15) is 4.98 Å². The van der Waals surface area contributed by atoms with Crippen LogP contribution in [0.15, 0.2) is 81.9 Å². The van der Waals surface area contributed by atoms with Crippen molar-refractivity contribution in [3.63, 3.8) is 0 Å². The van der Waals surface area contributed by atoms with Crippen molar-refractivity contribution < 1.29 is 13.7 Å². The molecule has 0 saturated carbocycles. The Hall–Kier alpha value is -3.38. The predicted octanol–water partition coefficient (Wildman–Crippen LogP) is 4.54. The maximum Gasteiger partial charge on any atom is 0.241 e. The summed E-state index contributed by atoms with van der Waals surface area (Å²) in [5.41, 5.74) is 2.01. The number of hydrogen-bond donors (Lipinski definition) is 0. The molecule has 0 aliphatic heterocycles. The van der Waals surface area contributed by atoms with Gasteiger partial charge in [0.2, 0.25) is 11.7 Å². The van der Waals surface area contributed by atoms with Crippen LogP contribution in [0.4, 0.5) is 0 Å². The van der Waals surface area contributed by atoms with Crippen LogP contribution in [-0.4, -0.2) is 22.2 Å². The third kappa shape index (κ3) is 4.29. The van der Waals surface area contributed by atoms with Gasteiger partial charge in [-0.25, -0.2) is 0 Å². The van der Waals surface area contributed by atoms with Gasteiger partial charge in [-0.05, 0) is 29.8 Å². The van der Waals surface area contributed by atoms with Crippen LogP contribution in [0.2, 0.25) is 0 Å². The lowest BCUT2D eigenvalue weighted by Gasteiger charge is -2.19. The molecule has 28 heavy (non-hydrogen) atoms. The summed E-state index contributed by atoms with van der Waals surface area (Å²) in [6.45, 7) is 1.90. The number of para-hydroxylation sites is 1. The summed E-state index contributed by atoms with van der Waals surface area (Å²) in [7, 11) is 1.63. The largest absolute Gasteiger partial charge is 0.496 e. The number of rotatable bonds is 8. The zero-order valence-electron chi connectivity index (χ0n) is 15.6. The van der Waals surface area contributed by atoms with Gasteiger partial charge in [0, 0.05) is 6.54 Å². The van der Waals surface area contributed by atoms with E-state index in [1.54, 1.807) is 13.4 Å². The maximum absolute atomic E-state index is 5.52. The van der Waals surface area contributed by atoms with Crippen molar-refractivity contribution in [3.8, 4) is 17.1 Å². The molecule has 6 heteroatoms. The molecule has 2 aromatic heterocycles. The molecule has 0 spiro atoms. The molecule has 0 atom stereocenters. The summed E-state index contributed by atoms with van der Waals surface area (Å²) in [5.74, 6) is 2.67. The molecule has 0 aliphatic carbocycles. The van der Waals surface area contributed by atoms with Crippen LogP contribution < -0.4 is 4.74 Å². The van der Waals surface area contributed by atoms with E-state index in [2.05, 4.69) is 27.2 Å². The van der Waals surface area contributed by atoms with Crippen LogP contribution in [-0.2, 0) is 19.6 Å². The Morgan fingerprint density at radius 3 is 2.50 bits per heavy atom. The number of ether oxygens (including phenoxy) is 1. The zero-order chi connectivity index (χ0) is 19.2. The van der Waals surface area contributed by atoms with Crippen molar-refractivity contribution in [1.82, 2.24) is 15.0 Å². The molecule has 0 unspecified atom stereocenters. The van der Waals surface area contributed by atoms with E-state index >= 15 is 0 Å². The number of methoxy groups -OCH3 is 1. The van der Waals surface area contributed by atoms with Crippen molar-refractivity contribution >= 4 is 0 Å². The molecule has 0 amide bonds. The molecule has 0 radical (unpaired) electrons. The standard InChI is InChI=1S/C22H21N3O3/c1-26-20-12-6-5-11-19(20)22-23-21(28-24-22)16-25(15-18-10-7-13-27-18)14-17-8-3-2-4-9-17/h2-13H,14-16H2,1H3. The first kappa shape index (κ1) is 18.0. The second kappa shape index (κ2) is 8.54. The third-order valence-corrected chi connectivity index (χ3v) is 4.38. The van der Waals surface area contributed by atoms with Gasteiger partial charge in [0.05, 0.1) is 32.0 Å². The summed E-state index contributed by atoms with van der Waals surface area (Å²) in [6, 6.07) is 21.8. The van der Waals surface area contributed by atoms with E-state index < -0.39 is 0 Å². The lowest BCUT2D eigenvalue weighted by molar-refractivity contribution is 0.196. The van der Waals surface area contributed by atoms with E-state index in [4.69, 9.17) is 13.7 Å². The van der Waals surface area contributed by atoms with Crippen molar-refractivity contribution in [1.29, 1.82) is 0 Å². The average Bonchev–Trinajstić information content (AvgIpc) is 3.41. The van der Waals surface area contributed by atoms with Crippen LogP contribution in [0, 0.1) is 0 Å². The summed E-state index contributed by atoms with van der Waals surface area (Å²) in [5, 5.41) is 4.14. The number of benzene rings is 2. The Morgan fingerprint density at radius 2 is 1.71 bits per heavy atom. The second-order valence-corrected chi connectivity index (χ2v) is 6.42. The minimum absolute atomic E-state index is 0.512. The Labute approximate surface area is 163 Å². The zero-order valence-corrected chi connectivity index (χ0v) is 15.6. The van der Waals surface area contributed by atoms with Crippen LogP contribution in [0.3, 0.4) is 0 Å². The minimum Gasteiger partial charge on any atom is -0.496 e. The fourth-order valence-corrected chi connectivity index (χ4v) is 3.08. The fraction of sp³-hybridized carbons (Fsp3) is 0.182. The highest BCUT2D eigenvalue weighted by Gasteiger charge is 2.17. The van der Waals surface area contributed by atoms with Gasteiger partial charge in [0.15, 0.2) is 0 Å². The average molecular weight is 375 g/mol. The predicted molar refractivity (Wildman–Crippen MR) is 104 cm³/mol. The fourth-order valence-electron chi connectivity index (χ4n) is 3.08. The van der Waals surface area contributed by atoms with E-state index in [-0.39, 0.29) is 0 Å². The van der Waals surface area contributed by atoms with Crippen LogP contribution in [0.1, 0.15) is 17.2 Å². The molecule has 0 fully saturated rings. The van der Waals surface area contributed by atoms with Crippen molar-refractivity contribution in [2.75, 3.05) is 7.11 Å². The molecule has 6 nitrogen and oxygen atoms in total. The van der Waals surface area contributed by atoms with Gasteiger partial charge in [-0.15, -0.1) is 0 Å². The summed E-state index contributed by atoms with van der Waals surface area (Å²) in [6.07, 6.45) is 1.68. The van der Waals surface area contributed by atoms with E-state index in [0.29, 0.717) is 30.6 Å². The maximum atomic E-state index is 5.52. The molecule has 0 bridgehead atoms. The number of furan rings is 1. The molecule has 2 aromatic carbocycles. The molecular formula is C22H21N3O3. The monoisotopic (exact) mass is 375 g/mol. The van der Waals surface area contributed by atoms with Gasteiger partial charge in [-0.3, -0.25) is 4.90 Å². The number of hydrogen-bond acceptors (Lipinski definition) is 6. The number of nitrogens with zero attached hydrogens (tertiary/aromatic N) is 3. The van der Waals surface area contributed by atoms with Crippen molar-refractivity contribution in [2.45, 2.75) is 19.6 Å². The van der Waals surface area contributed by atoms with Gasteiger partial charge in [0.25, 0.3) is 0 Å². The topological polar surface area (TPSA) is 64.5 Å². The quantitative estimate of drug-likeness (QED) is 0.450. The number of aromatic nitrogens is 2. The minimum atomic E-state index is 0.512. The first-order chi connectivity index (χ1) is 13.8. The SMILES string of the molecule is COc1ccccc1-c1noc(CN(Cc2ccccc2)Cc2ccco2)n1. The third-order valence-electron chi connectivity index (χ3n) is 4.38. The Morgan fingerprint density at radius 1 is 0.893 bits per heavy atom. The smallest absolute Gasteiger partial charge is 0.241 e. The molecule has 0 saturated heterocycles. The van der Waals surface area contributed by atoms with Crippen LogP contribution >= 0.6 is 0 Å². The highest BCUT2D eigenvalue weighted by molar-refractivity contribution is 5.63. The first-order valence-electron chi connectivity index (χ1n) is 9.06. The molecule has 0 aliphatic rings. The summed E-state index contributed by atoms with van der Waals surface area (Å²) >= 11 is 0. The van der Waals surface area contributed by atoms with E-state index in [1.807, 2.05) is 54.6 Å². The molecule has 2 heterocycles. The van der Waals surface area contributed by atoms with E-state index in [9.17, 15) is 0 Å². The lowest BCUT2D eigenvalue weighted by atomic mass is 10.2. The van der Waals surface area contributed by atoms with Gasteiger partial charge < -0.3 is 13.7 Å².